The Morgan fingerprint density at radius 1 is 1.14 bits per heavy atom. The van der Waals surface area contributed by atoms with Crippen molar-refractivity contribution in [3.8, 4) is 5.75 Å². The maximum Gasteiger partial charge on any atom is 1.00 e. The minimum atomic E-state index is -1.31. The van der Waals surface area contributed by atoms with Crippen LogP contribution in [0, 0.1) is 0 Å². The van der Waals surface area contributed by atoms with Crippen LogP contribution in [-0.4, -0.2) is 15.4 Å². The molecular formula is C15H11N2NaO3. The van der Waals surface area contributed by atoms with Crippen LogP contribution < -0.4 is 39.4 Å². The molecule has 0 bridgehead atoms. The van der Waals surface area contributed by atoms with E-state index in [0.29, 0.717) is 17.1 Å². The largest absolute Gasteiger partial charge is 1.00 e. The Morgan fingerprint density at radius 3 is 2.57 bits per heavy atom. The predicted octanol–water partition coefficient (Wildman–Crippen LogP) is -1.72. The number of nitrogens with zero attached hydrogens (tertiary/aromatic N) is 2. The van der Waals surface area contributed by atoms with Crippen molar-refractivity contribution >= 4 is 11.6 Å². The van der Waals surface area contributed by atoms with Gasteiger partial charge >= 0.3 is 29.6 Å². The van der Waals surface area contributed by atoms with Crippen LogP contribution in [0.1, 0.15) is 16.2 Å². The molecule has 0 radical (unpaired) electrons. The Morgan fingerprint density at radius 2 is 1.86 bits per heavy atom. The number of rotatable bonds is 4. The molecule has 2 aromatic heterocycles. The molecule has 0 atom stereocenters. The van der Waals surface area contributed by atoms with Gasteiger partial charge in [0.2, 0.25) is 0 Å². The first kappa shape index (κ1) is 15.6. The van der Waals surface area contributed by atoms with E-state index < -0.39 is 5.97 Å². The average Bonchev–Trinajstić information content (AvgIpc) is 2.85. The number of para-hydroxylation sites is 1. The topological polar surface area (TPSA) is 66.7 Å². The maximum atomic E-state index is 11.2. The fraction of sp³-hybridized carbons (Fsp3) is 0.0667. The average molecular weight is 290 g/mol. The molecule has 0 aliphatic heterocycles. The van der Waals surface area contributed by atoms with E-state index in [1.54, 1.807) is 28.8 Å². The Kier molecular flexibility index (Phi) is 5.01. The van der Waals surface area contributed by atoms with Crippen molar-refractivity contribution in [2.24, 2.45) is 0 Å². The monoisotopic (exact) mass is 290 g/mol. The molecule has 0 saturated heterocycles. The number of aromatic nitrogens is 2. The minimum Gasteiger partial charge on any atom is -0.543 e. The molecule has 3 rings (SSSR count). The summed E-state index contributed by atoms with van der Waals surface area (Å²) in [4.78, 5) is 15.2. The van der Waals surface area contributed by atoms with E-state index in [1.807, 2.05) is 30.3 Å². The second-order valence-corrected chi connectivity index (χ2v) is 4.23. The van der Waals surface area contributed by atoms with Crippen molar-refractivity contribution in [3.05, 3.63) is 66.1 Å². The molecule has 0 amide bonds. The maximum absolute atomic E-state index is 11.2. The fourth-order valence-corrected chi connectivity index (χ4v) is 2.02. The number of ether oxygens (including phenoxy) is 1. The van der Waals surface area contributed by atoms with Gasteiger partial charge < -0.3 is 14.6 Å². The molecule has 0 aliphatic carbocycles. The number of hydrogen-bond acceptors (Lipinski definition) is 4. The molecule has 3 aromatic rings. The smallest absolute Gasteiger partial charge is 0.543 e. The van der Waals surface area contributed by atoms with E-state index in [0.717, 1.165) is 0 Å². The summed E-state index contributed by atoms with van der Waals surface area (Å²) in [5, 5.41) is 11.2. The summed E-state index contributed by atoms with van der Waals surface area (Å²) >= 11 is 0. The van der Waals surface area contributed by atoms with Crippen LogP contribution in [-0.2, 0) is 6.61 Å². The van der Waals surface area contributed by atoms with Crippen molar-refractivity contribution in [3.63, 3.8) is 0 Å². The second kappa shape index (κ2) is 6.76. The van der Waals surface area contributed by atoms with Gasteiger partial charge in [0.25, 0.3) is 0 Å². The molecule has 1 aromatic carbocycles. The zero-order chi connectivity index (χ0) is 13.9. The first-order valence-corrected chi connectivity index (χ1v) is 6.11. The number of hydrogen-bond donors (Lipinski definition) is 0. The summed E-state index contributed by atoms with van der Waals surface area (Å²) in [6.45, 7) is 0.110. The Balaban J connectivity index is 0.00000161. The van der Waals surface area contributed by atoms with Gasteiger partial charge in [-0.3, -0.25) is 4.40 Å². The number of carboxylic acid groups (broad SMARTS) is 1. The number of pyridine rings is 1. The molecule has 0 saturated carbocycles. The molecule has 0 spiro atoms. The van der Waals surface area contributed by atoms with Gasteiger partial charge in [0.1, 0.15) is 23.7 Å². The third-order valence-electron chi connectivity index (χ3n) is 2.94. The van der Waals surface area contributed by atoms with Crippen molar-refractivity contribution in [2.75, 3.05) is 0 Å². The van der Waals surface area contributed by atoms with Crippen LogP contribution in [0.3, 0.4) is 0 Å². The quantitative estimate of drug-likeness (QED) is 0.536. The van der Waals surface area contributed by atoms with Crippen molar-refractivity contribution in [2.45, 2.75) is 6.61 Å². The van der Waals surface area contributed by atoms with Gasteiger partial charge in [-0.1, -0.05) is 24.3 Å². The molecule has 0 unspecified atom stereocenters. The van der Waals surface area contributed by atoms with Gasteiger partial charge in [-0.2, -0.15) is 0 Å². The standard InChI is InChI=1S/C15H12N2O3.Na/c18-15(19)14-12(10-20-11-6-2-1-3-7-11)17-9-5-4-8-13(17)16-14;/h1-9H,10H2,(H,18,19);/q;+1/p-1. The van der Waals surface area contributed by atoms with E-state index in [-0.39, 0.29) is 41.9 Å². The van der Waals surface area contributed by atoms with Gasteiger partial charge in [0, 0.05) is 6.20 Å². The summed E-state index contributed by atoms with van der Waals surface area (Å²) in [5.41, 5.74) is 0.926. The summed E-state index contributed by atoms with van der Waals surface area (Å²) in [7, 11) is 0. The summed E-state index contributed by atoms with van der Waals surface area (Å²) in [6.07, 6.45) is 1.75. The normalized spacial score (nSPS) is 10.1. The predicted molar refractivity (Wildman–Crippen MR) is 70.3 cm³/mol. The van der Waals surface area contributed by atoms with Crippen LogP contribution in [0.5, 0.6) is 5.75 Å². The van der Waals surface area contributed by atoms with Gasteiger partial charge in [-0.05, 0) is 24.3 Å². The van der Waals surface area contributed by atoms with Crippen molar-refractivity contribution < 1.29 is 44.2 Å². The van der Waals surface area contributed by atoms with Crippen molar-refractivity contribution in [1.29, 1.82) is 0 Å². The summed E-state index contributed by atoms with van der Waals surface area (Å²) < 4.78 is 7.29. The van der Waals surface area contributed by atoms with Crippen LogP contribution in [0.4, 0.5) is 0 Å². The second-order valence-electron chi connectivity index (χ2n) is 4.23. The molecule has 21 heavy (non-hydrogen) atoms. The number of carbonyl (C=O) groups excluding carboxylic acids is 1. The van der Waals surface area contributed by atoms with E-state index in [4.69, 9.17) is 4.74 Å². The van der Waals surface area contributed by atoms with Crippen molar-refractivity contribution in [1.82, 2.24) is 9.38 Å². The van der Waals surface area contributed by atoms with Gasteiger partial charge in [0.05, 0.1) is 11.7 Å². The third-order valence-corrected chi connectivity index (χ3v) is 2.94. The number of imidazole rings is 1. The van der Waals surface area contributed by atoms with E-state index in [2.05, 4.69) is 4.98 Å². The fourth-order valence-electron chi connectivity index (χ4n) is 2.02. The molecule has 100 valence electrons. The minimum absolute atomic E-state index is 0. The Bertz CT molecular complexity index is 756. The molecular weight excluding hydrogens is 279 g/mol. The van der Waals surface area contributed by atoms with Gasteiger partial charge in [-0.15, -0.1) is 0 Å². The molecule has 0 N–H and O–H groups in total. The third kappa shape index (κ3) is 3.26. The summed E-state index contributed by atoms with van der Waals surface area (Å²) in [5.74, 6) is -0.636. The van der Waals surface area contributed by atoms with Crippen LogP contribution >= 0.6 is 0 Å². The molecule has 5 nitrogen and oxygen atoms in total. The number of carbonyl (C=O) groups is 1. The van der Waals surface area contributed by atoms with Crippen LogP contribution in [0.2, 0.25) is 0 Å². The van der Waals surface area contributed by atoms with Crippen LogP contribution in [0.25, 0.3) is 5.65 Å². The zero-order valence-corrected chi connectivity index (χ0v) is 13.5. The molecule has 2 heterocycles. The first-order chi connectivity index (χ1) is 9.75. The number of aromatic carboxylic acids is 1. The molecule has 0 fully saturated rings. The zero-order valence-electron chi connectivity index (χ0n) is 11.5. The summed E-state index contributed by atoms with van der Waals surface area (Å²) in [6, 6.07) is 14.5. The van der Waals surface area contributed by atoms with Gasteiger partial charge in [-0.25, -0.2) is 4.98 Å². The van der Waals surface area contributed by atoms with E-state index in [9.17, 15) is 9.90 Å². The Labute approximate surface area is 143 Å². The SMILES string of the molecule is O=C([O-])c1nc2ccccn2c1COc1ccccc1.[Na+]. The van der Waals surface area contributed by atoms with Crippen LogP contribution in [0.15, 0.2) is 54.7 Å². The first-order valence-electron chi connectivity index (χ1n) is 6.11. The van der Waals surface area contributed by atoms with E-state index >= 15 is 0 Å². The number of fused-ring (bicyclic) bond motifs is 1. The Hall–Kier alpha value is -1.82. The molecule has 0 aliphatic rings. The van der Waals surface area contributed by atoms with E-state index in [1.165, 1.54) is 0 Å². The number of carboxylic acids is 1. The van der Waals surface area contributed by atoms with Gasteiger partial charge in [0.15, 0.2) is 0 Å². The number of benzene rings is 1. The molecule has 6 heteroatoms.